The lowest BCUT2D eigenvalue weighted by Crippen LogP contribution is -2.31. The summed E-state index contributed by atoms with van der Waals surface area (Å²) in [4.78, 5) is 0.356. The minimum atomic E-state index is -3.45. The summed E-state index contributed by atoms with van der Waals surface area (Å²) in [5, 5.41) is 0. The monoisotopic (exact) mass is 310 g/mol. The Morgan fingerprint density at radius 1 is 1.24 bits per heavy atom. The molecule has 5 heteroatoms. The molecule has 1 fully saturated rings. The molecule has 0 radical (unpaired) electrons. The van der Waals surface area contributed by atoms with Crippen LogP contribution >= 0.6 is 0 Å². The van der Waals surface area contributed by atoms with E-state index in [4.69, 9.17) is 5.73 Å². The maximum atomic E-state index is 12.9. The molecule has 1 heterocycles. The largest absolute Gasteiger partial charge is 0.399 e. The molecule has 0 aromatic heterocycles. The molecule has 21 heavy (non-hydrogen) atoms. The third kappa shape index (κ3) is 3.09. The fraction of sp³-hybridized carbons (Fsp3) is 0.625. The number of anilines is 1. The molecule has 0 saturated carbocycles. The molecule has 1 aromatic carbocycles. The molecule has 2 rings (SSSR count). The molecule has 1 aliphatic heterocycles. The number of nitrogens with two attached hydrogens (primary N) is 1. The molecule has 1 atom stereocenters. The molecule has 1 saturated heterocycles. The lowest BCUT2D eigenvalue weighted by molar-refractivity contribution is 0.252. The Morgan fingerprint density at radius 3 is 2.38 bits per heavy atom. The van der Waals surface area contributed by atoms with Gasteiger partial charge in [0.2, 0.25) is 10.0 Å². The predicted octanol–water partition coefficient (Wildman–Crippen LogP) is 2.94. The van der Waals surface area contributed by atoms with Gasteiger partial charge in [-0.3, -0.25) is 0 Å². The zero-order chi connectivity index (χ0) is 16.0. The topological polar surface area (TPSA) is 63.4 Å². The summed E-state index contributed by atoms with van der Waals surface area (Å²) in [5.74, 6) is 0.398. The standard InChI is InChI=1S/C16H26N2O2S/c1-11-8-14(17)9-15(12(11)2)21(19,20)18-7-6-13(10-18)16(3,4)5/h8-9,13H,6-7,10,17H2,1-5H3. The van der Waals surface area contributed by atoms with Crippen LogP contribution in [0.1, 0.15) is 38.3 Å². The highest BCUT2D eigenvalue weighted by Crippen LogP contribution is 2.36. The quantitative estimate of drug-likeness (QED) is 0.854. The summed E-state index contributed by atoms with van der Waals surface area (Å²) in [5.41, 5.74) is 8.18. The fourth-order valence-corrected chi connectivity index (χ4v) is 4.75. The van der Waals surface area contributed by atoms with E-state index in [9.17, 15) is 8.42 Å². The SMILES string of the molecule is Cc1cc(N)cc(S(=O)(=O)N2CCC(C(C)(C)C)C2)c1C. The zero-order valence-corrected chi connectivity index (χ0v) is 14.4. The van der Waals surface area contributed by atoms with Crippen LogP contribution in [0, 0.1) is 25.2 Å². The summed E-state index contributed by atoms with van der Waals surface area (Å²) in [7, 11) is -3.45. The van der Waals surface area contributed by atoms with E-state index in [1.807, 2.05) is 19.9 Å². The van der Waals surface area contributed by atoms with Gasteiger partial charge in [0, 0.05) is 18.8 Å². The smallest absolute Gasteiger partial charge is 0.243 e. The Balaban J connectivity index is 2.37. The summed E-state index contributed by atoms with van der Waals surface area (Å²) in [6.07, 6.45) is 0.920. The number of aryl methyl sites for hydroxylation is 1. The first kappa shape index (κ1) is 16.3. The maximum Gasteiger partial charge on any atom is 0.243 e. The second-order valence-corrected chi connectivity index (χ2v) is 9.08. The van der Waals surface area contributed by atoms with Crippen LogP contribution in [0.2, 0.25) is 0 Å². The predicted molar refractivity (Wildman–Crippen MR) is 86.6 cm³/mol. The minimum Gasteiger partial charge on any atom is -0.399 e. The summed E-state index contributed by atoms with van der Waals surface area (Å²) < 4.78 is 27.4. The van der Waals surface area contributed by atoms with Crippen LogP contribution in [0.3, 0.4) is 0 Å². The van der Waals surface area contributed by atoms with Gasteiger partial charge in [-0.05, 0) is 54.9 Å². The van der Waals surface area contributed by atoms with E-state index in [1.54, 1.807) is 10.4 Å². The summed E-state index contributed by atoms with van der Waals surface area (Å²) >= 11 is 0. The van der Waals surface area contributed by atoms with E-state index in [1.165, 1.54) is 0 Å². The highest BCUT2D eigenvalue weighted by atomic mass is 32.2. The van der Waals surface area contributed by atoms with Gasteiger partial charge in [-0.15, -0.1) is 0 Å². The summed E-state index contributed by atoms with van der Waals surface area (Å²) in [6, 6.07) is 3.40. The van der Waals surface area contributed by atoms with Crippen molar-refractivity contribution in [1.82, 2.24) is 4.31 Å². The Bertz CT molecular complexity index is 645. The number of hydrogen-bond donors (Lipinski definition) is 1. The number of nitrogen functional groups attached to an aromatic ring is 1. The number of sulfonamides is 1. The summed E-state index contributed by atoms with van der Waals surface area (Å²) in [6.45, 7) is 11.4. The molecular formula is C16H26N2O2S. The van der Waals surface area contributed by atoms with E-state index in [0.29, 0.717) is 29.6 Å². The van der Waals surface area contributed by atoms with Gasteiger partial charge in [0.25, 0.3) is 0 Å². The zero-order valence-electron chi connectivity index (χ0n) is 13.6. The van der Waals surface area contributed by atoms with Gasteiger partial charge in [0.1, 0.15) is 0 Å². The van der Waals surface area contributed by atoms with Crippen LogP contribution in [0.15, 0.2) is 17.0 Å². The van der Waals surface area contributed by atoms with E-state index < -0.39 is 10.0 Å². The third-order valence-electron chi connectivity index (χ3n) is 4.64. The van der Waals surface area contributed by atoms with Crippen molar-refractivity contribution in [2.45, 2.75) is 45.9 Å². The average molecular weight is 310 g/mol. The second-order valence-electron chi connectivity index (χ2n) is 7.18. The normalized spacial score (nSPS) is 20.9. The van der Waals surface area contributed by atoms with Gasteiger partial charge < -0.3 is 5.73 Å². The van der Waals surface area contributed by atoms with Crippen LogP contribution in [-0.4, -0.2) is 25.8 Å². The molecule has 1 aromatic rings. The Morgan fingerprint density at radius 2 is 1.86 bits per heavy atom. The average Bonchev–Trinajstić information content (AvgIpc) is 2.83. The molecule has 0 spiro atoms. The van der Waals surface area contributed by atoms with Crippen molar-refractivity contribution in [3.63, 3.8) is 0 Å². The molecule has 4 nitrogen and oxygen atoms in total. The van der Waals surface area contributed by atoms with Gasteiger partial charge in [-0.25, -0.2) is 8.42 Å². The van der Waals surface area contributed by atoms with Crippen LogP contribution < -0.4 is 5.73 Å². The molecule has 2 N–H and O–H groups in total. The van der Waals surface area contributed by atoms with Crippen molar-refractivity contribution < 1.29 is 8.42 Å². The fourth-order valence-electron chi connectivity index (χ4n) is 2.91. The van der Waals surface area contributed by atoms with Crippen LogP contribution in [0.5, 0.6) is 0 Å². The van der Waals surface area contributed by atoms with E-state index in [-0.39, 0.29) is 5.41 Å². The highest BCUT2D eigenvalue weighted by molar-refractivity contribution is 7.89. The maximum absolute atomic E-state index is 12.9. The van der Waals surface area contributed by atoms with Crippen molar-refractivity contribution in [3.8, 4) is 0 Å². The number of hydrogen-bond acceptors (Lipinski definition) is 3. The van der Waals surface area contributed by atoms with Gasteiger partial charge in [-0.2, -0.15) is 4.31 Å². The number of nitrogens with zero attached hydrogens (tertiary/aromatic N) is 1. The molecule has 118 valence electrons. The molecule has 0 amide bonds. The Hall–Kier alpha value is -1.07. The van der Waals surface area contributed by atoms with E-state index in [2.05, 4.69) is 20.8 Å². The highest BCUT2D eigenvalue weighted by Gasteiger charge is 2.38. The van der Waals surface area contributed by atoms with Gasteiger partial charge in [-0.1, -0.05) is 20.8 Å². The Kier molecular flexibility index (Phi) is 4.10. The van der Waals surface area contributed by atoms with Crippen LogP contribution in [0.25, 0.3) is 0 Å². The van der Waals surface area contributed by atoms with E-state index >= 15 is 0 Å². The van der Waals surface area contributed by atoms with Crippen molar-refractivity contribution in [2.24, 2.45) is 11.3 Å². The molecule has 0 bridgehead atoms. The first-order chi connectivity index (χ1) is 9.53. The Labute approximate surface area is 128 Å². The van der Waals surface area contributed by atoms with Crippen molar-refractivity contribution in [1.29, 1.82) is 0 Å². The van der Waals surface area contributed by atoms with Crippen LogP contribution in [-0.2, 0) is 10.0 Å². The first-order valence-electron chi connectivity index (χ1n) is 7.40. The lowest BCUT2D eigenvalue weighted by atomic mass is 9.80. The van der Waals surface area contributed by atoms with Crippen molar-refractivity contribution in [3.05, 3.63) is 23.3 Å². The van der Waals surface area contributed by atoms with Gasteiger partial charge in [0.05, 0.1) is 4.90 Å². The third-order valence-corrected chi connectivity index (χ3v) is 6.63. The van der Waals surface area contributed by atoms with Crippen molar-refractivity contribution >= 4 is 15.7 Å². The second kappa shape index (κ2) is 5.29. The number of benzene rings is 1. The van der Waals surface area contributed by atoms with Crippen LogP contribution in [0.4, 0.5) is 5.69 Å². The van der Waals surface area contributed by atoms with Gasteiger partial charge in [0.15, 0.2) is 0 Å². The van der Waals surface area contributed by atoms with E-state index in [0.717, 1.165) is 17.5 Å². The van der Waals surface area contributed by atoms with Gasteiger partial charge >= 0.3 is 0 Å². The molecule has 1 aliphatic rings. The lowest BCUT2D eigenvalue weighted by Gasteiger charge is -2.27. The molecule has 0 aliphatic carbocycles. The minimum absolute atomic E-state index is 0.130. The number of rotatable bonds is 2. The first-order valence-corrected chi connectivity index (χ1v) is 8.84. The molecular weight excluding hydrogens is 284 g/mol. The molecule has 1 unspecified atom stereocenters. The van der Waals surface area contributed by atoms with Crippen molar-refractivity contribution in [2.75, 3.05) is 18.8 Å².